The van der Waals surface area contributed by atoms with Crippen LogP contribution in [0.2, 0.25) is 0 Å². The average Bonchev–Trinajstić information content (AvgIpc) is 2.47. The molecule has 0 spiro atoms. The second-order valence-corrected chi connectivity index (χ2v) is 6.79. The molecule has 3 N–H and O–H groups in total. The summed E-state index contributed by atoms with van der Waals surface area (Å²) in [7, 11) is 0. The number of amides is 1. The van der Waals surface area contributed by atoms with E-state index in [-0.39, 0.29) is 30.3 Å². The minimum atomic E-state index is -0.729. The first-order valence-electron chi connectivity index (χ1n) is 7.08. The van der Waals surface area contributed by atoms with Crippen molar-refractivity contribution in [1.82, 2.24) is 4.90 Å². The molecule has 0 saturated carbocycles. The predicted octanol–water partition coefficient (Wildman–Crippen LogP) is 1.36. The number of carbonyl (C=O) groups is 2. The molecule has 0 aliphatic carbocycles. The van der Waals surface area contributed by atoms with E-state index in [0.717, 1.165) is 25.7 Å². The monoisotopic (exact) mass is 268 g/mol. The van der Waals surface area contributed by atoms with Crippen molar-refractivity contribution in [3.05, 3.63) is 0 Å². The van der Waals surface area contributed by atoms with Crippen LogP contribution in [0.3, 0.4) is 0 Å². The fourth-order valence-electron chi connectivity index (χ4n) is 3.59. The number of fused-ring (bicyclic) bond motifs is 2. The Morgan fingerprint density at radius 3 is 2.21 bits per heavy atom. The summed E-state index contributed by atoms with van der Waals surface area (Å²) < 4.78 is 0. The van der Waals surface area contributed by atoms with Crippen LogP contribution >= 0.6 is 0 Å². The predicted molar refractivity (Wildman–Crippen MR) is 71.5 cm³/mol. The van der Waals surface area contributed by atoms with E-state index < -0.39 is 11.5 Å². The van der Waals surface area contributed by atoms with Crippen LogP contribution in [0.1, 0.15) is 52.4 Å². The van der Waals surface area contributed by atoms with Crippen molar-refractivity contribution in [3.8, 4) is 0 Å². The second kappa shape index (κ2) is 5.12. The van der Waals surface area contributed by atoms with Crippen molar-refractivity contribution in [3.63, 3.8) is 0 Å². The van der Waals surface area contributed by atoms with Crippen LogP contribution in [0.15, 0.2) is 0 Å². The van der Waals surface area contributed by atoms with E-state index in [1.165, 1.54) is 0 Å². The van der Waals surface area contributed by atoms with Crippen molar-refractivity contribution in [1.29, 1.82) is 0 Å². The van der Waals surface area contributed by atoms with E-state index in [9.17, 15) is 9.59 Å². The average molecular weight is 268 g/mol. The number of carbonyl (C=O) groups excluding carboxylic acids is 1. The Hall–Kier alpha value is -1.10. The first kappa shape index (κ1) is 14.3. The van der Waals surface area contributed by atoms with Crippen LogP contribution < -0.4 is 5.73 Å². The standard InChI is InChI=1S/C14H24N2O3/c1-14(2,15)8-12(17)16-10-3-4-11(16)6-9(5-10)7-13(18)19/h9-11H,3-8,15H2,1-2H3,(H,18,19). The molecular weight excluding hydrogens is 244 g/mol. The van der Waals surface area contributed by atoms with Gasteiger partial charge in [0.1, 0.15) is 0 Å². The minimum absolute atomic E-state index is 0.133. The molecule has 19 heavy (non-hydrogen) atoms. The van der Waals surface area contributed by atoms with Gasteiger partial charge in [-0.3, -0.25) is 9.59 Å². The van der Waals surface area contributed by atoms with Crippen molar-refractivity contribution in [2.75, 3.05) is 0 Å². The van der Waals surface area contributed by atoms with Gasteiger partial charge in [0.25, 0.3) is 0 Å². The summed E-state index contributed by atoms with van der Waals surface area (Å²) in [6.07, 6.45) is 4.29. The summed E-state index contributed by atoms with van der Waals surface area (Å²) in [4.78, 5) is 25.1. The van der Waals surface area contributed by atoms with Crippen LogP contribution in [0.4, 0.5) is 0 Å². The molecule has 2 atom stereocenters. The van der Waals surface area contributed by atoms with Gasteiger partial charge in [0, 0.05) is 30.5 Å². The number of carboxylic acid groups (broad SMARTS) is 1. The zero-order valence-corrected chi connectivity index (χ0v) is 11.8. The van der Waals surface area contributed by atoms with Gasteiger partial charge in [-0.2, -0.15) is 0 Å². The van der Waals surface area contributed by atoms with Gasteiger partial charge < -0.3 is 15.7 Å². The number of carboxylic acids is 1. The smallest absolute Gasteiger partial charge is 0.303 e. The lowest BCUT2D eigenvalue weighted by Gasteiger charge is -2.39. The maximum absolute atomic E-state index is 12.3. The van der Waals surface area contributed by atoms with E-state index in [1.807, 2.05) is 18.7 Å². The number of rotatable bonds is 4. The van der Waals surface area contributed by atoms with Crippen LogP contribution in [-0.4, -0.2) is 39.5 Å². The molecule has 2 bridgehead atoms. The highest BCUT2D eigenvalue weighted by molar-refractivity contribution is 5.78. The summed E-state index contributed by atoms with van der Waals surface area (Å²) in [5, 5.41) is 8.89. The Balaban J connectivity index is 1.99. The maximum Gasteiger partial charge on any atom is 0.303 e. The number of hydrogen-bond acceptors (Lipinski definition) is 3. The number of nitrogens with zero attached hydrogens (tertiary/aromatic N) is 1. The van der Waals surface area contributed by atoms with Gasteiger partial charge in [-0.25, -0.2) is 0 Å². The van der Waals surface area contributed by atoms with Crippen molar-refractivity contribution < 1.29 is 14.7 Å². The first-order valence-corrected chi connectivity index (χ1v) is 7.08. The van der Waals surface area contributed by atoms with E-state index in [0.29, 0.717) is 6.42 Å². The number of aliphatic carboxylic acids is 1. The molecule has 2 unspecified atom stereocenters. The molecule has 2 fully saturated rings. The van der Waals surface area contributed by atoms with Crippen molar-refractivity contribution in [2.24, 2.45) is 11.7 Å². The Bertz CT molecular complexity index is 361. The highest BCUT2D eigenvalue weighted by Crippen LogP contribution is 2.40. The van der Waals surface area contributed by atoms with Crippen LogP contribution in [0.5, 0.6) is 0 Å². The van der Waals surface area contributed by atoms with Crippen LogP contribution in [0, 0.1) is 5.92 Å². The molecule has 2 saturated heterocycles. The van der Waals surface area contributed by atoms with Crippen molar-refractivity contribution in [2.45, 2.75) is 70.0 Å². The molecular formula is C14H24N2O3. The Labute approximate surface area is 114 Å². The van der Waals surface area contributed by atoms with Gasteiger partial charge in [-0.05, 0) is 45.4 Å². The number of nitrogens with two attached hydrogens (primary N) is 1. The van der Waals surface area contributed by atoms with Gasteiger partial charge in [0.05, 0.1) is 0 Å². The Morgan fingerprint density at radius 1 is 1.26 bits per heavy atom. The minimum Gasteiger partial charge on any atom is -0.481 e. The van der Waals surface area contributed by atoms with Gasteiger partial charge >= 0.3 is 5.97 Å². The molecule has 1 amide bonds. The third-order valence-corrected chi connectivity index (χ3v) is 4.19. The normalized spacial score (nSPS) is 30.5. The quantitative estimate of drug-likeness (QED) is 0.806. The van der Waals surface area contributed by atoms with Gasteiger partial charge in [0.2, 0.25) is 5.91 Å². The molecule has 0 aromatic carbocycles. The molecule has 0 radical (unpaired) electrons. The molecule has 0 aromatic rings. The Morgan fingerprint density at radius 2 is 1.79 bits per heavy atom. The molecule has 0 aromatic heterocycles. The highest BCUT2D eigenvalue weighted by Gasteiger charge is 2.43. The second-order valence-electron chi connectivity index (χ2n) is 6.79. The largest absolute Gasteiger partial charge is 0.481 e. The zero-order chi connectivity index (χ0) is 14.2. The molecule has 5 nitrogen and oxygen atoms in total. The maximum atomic E-state index is 12.3. The van der Waals surface area contributed by atoms with Crippen LogP contribution in [0.25, 0.3) is 0 Å². The molecule has 2 rings (SSSR count). The summed E-state index contributed by atoms with van der Waals surface area (Å²) in [5.74, 6) is -0.369. The molecule has 5 heteroatoms. The highest BCUT2D eigenvalue weighted by atomic mass is 16.4. The summed E-state index contributed by atoms with van der Waals surface area (Å²) in [6, 6.07) is 0.468. The van der Waals surface area contributed by atoms with E-state index >= 15 is 0 Å². The van der Waals surface area contributed by atoms with E-state index in [2.05, 4.69) is 0 Å². The summed E-state index contributed by atoms with van der Waals surface area (Å²) in [6.45, 7) is 3.73. The molecule has 2 heterocycles. The summed E-state index contributed by atoms with van der Waals surface area (Å²) >= 11 is 0. The topological polar surface area (TPSA) is 83.6 Å². The lowest BCUT2D eigenvalue weighted by Crippen LogP contribution is -2.49. The first-order chi connectivity index (χ1) is 8.76. The molecule has 2 aliphatic rings. The lowest BCUT2D eigenvalue weighted by molar-refractivity contribution is -0.140. The Kier molecular flexibility index (Phi) is 3.85. The van der Waals surface area contributed by atoms with Crippen LogP contribution in [-0.2, 0) is 9.59 Å². The van der Waals surface area contributed by atoms with Gasteiger partial charge in [-0.15, -0.1) is 0 Å². The lowest BCUT2D eigenvalue weighted by atomic mass is 9.87. The van der Waals surface area contributed by atoms with Gasteiger partial charge in [0.15, 0.2) is 0 Å². The third kappa shape index (κ3) is 3.47. The van der Waals surface area contributed by atoms with E-state index in [4.69, 9.17) is 10.8 Å². The fraction of sp³-hybridized carbons (Fsp3) is 0.857. The van der Waals surface area contributed by atoms with Gasteiger partial charge in [-0.1, -0.05) is 0 Å². The summed E-state index contributed by atoms with van der Waals surface area (Å²) in [5.41, 5.74) is 5.44. The van der Waals surface area contributed by atoms with Crippen molar-refractivity contribution >= 4 is 11.9 Å². The number of hydrogen-bond donors (Lipinski definition) is 2. The van der Waals surface area contributed by atoms with E-state index in [1.54, 1.807) is 0 Å². The third-order valence-electron chi connectivity index (χ3n) is 4.19. The number of piperidine rings is 1. The zero-order valence-electron chi connectivity index (χ0n) is 11.8. The molecule has 108 valence electrons. The fourth-order valence-corrected chi connectivity index (χ4v) is 3.59. The molecule has 2 aliphatic heterocycles. The SMILES string of the molecule is CC(C)(N)CC(=O)N1C2CCC1CC(CC(=O)O)C2.